The van der Waals surface area contributed by atoms with Crippen LogP contribution in [0.5, 0.6) is 5.75 Å². The van der Waals surface area contributed by atoms with E-state index in [1.165, 1.54) is 19.4 Å². The van der Waals surface area contributed by atoms with Gasteiger partial charge in [-0.3, -0.25) is 14.9 Å². The summed E-state index contributed by atoms with van der Waals surface area (Å²) in [4.78, 5) is 10.8. The van der Waals surface area contributed by atoms with Crippen LogP contribution in [-0.4, -0.2) is 61.7 Å². The molecule has 0 saturated carbocycles. The number of ether oxygens (including phenoxy) is 1. The summed E-state index contributed by atoms with van der Waals surface area (Å²) in [7, 11) is 1.80. The Balaban J connectivity index is 0.00000264. The maximum absolute atomic E-state index is 5.60. The lowest BCUT2D eigenvalue weighted by Gasteiger charge is -2.23. The number of nitrogens with one attached hydrogen (secondary N) is 2. The van der Waals surface area contributed by atoms with Gasteiger partial charge >= 0.3 is 0 Å². The summed E-state index contributed by atoms with van der Waals surface area (Å²) in [6.07, 6.45) is 6.01. The number of halogens is 1. The van der Waals surface area contributed by atoms with Gasteiger partial charge in [-0.2, -0.15) is 0 Å². The van der Waals surface area contributed by atoms with Gasteiger partial charge in [-0.25, -0.2) is 0 Å². The van der Waals surface area contributed by atoms with Crippen LogP contribution in [0.15, 0.2) is 29.5 Å². The molecule has 1 aromatic heterocycles. The monoisotopic (exact) mass is 433 g/mol. The summed E-state index contributed by atoms with van der Waals surface area (Å²) < 4.78 is 5.60. The van der Waals surface area contributed by atoms with Crippen LogP contribution in [0.4, 0.5) is 0 Å². The van der Waals surface area contributed by atoms with E-state index in [4.69, 9.17) is 4.74 Å². The first-order chi connectivity index (χ1) is 10.8. The quantitative estimate of drug-likeness (QED) is 0.297. The first kappa shape index (κ1) is 20.0. The number of hydrogen-bond donors (Lipinski definition) is 2. The van der Waals surface area contributed by atoms with E-state index in [0.29, 0.717) is 19.2 Å². The van der Waals surface area contributed by atoms with Crippen LogP contribution in [0.25, 0.3) is 0 Å². The third kappa shape index (κ3) is 6.90. The van der Waals surface area contributed by atoms with Crippen LogP contribution in [0, 0.1) is 0 Å². The number of likely N-dealkylation sites (N-methyl/N-ethyl adjacent to an activating group) is 1. The SMILES string of the molecule is CCN1CCCC1CNC(=NC)NCCOc1cccnc1.I. The average molecular weight is 433 g/mol. The Labute approximate surface area is 156 Å². The highest BCUT2D eigenvalue weighted by molar-refractivity contribution is 14.0. The standard InChI is InChI=1S/C16H27N5O.HI/c1-3-21-10-5-6-14(21)12-20-16(17-2)19-9-11-22-15-7-4-8-18-13-15;/h4,7-8,13-14H,3,5-6,9-12H2,1-2H3,(H2,17,19,20);1H. The van der Waals surface area contributed by atoms with Gasteiger partial charge in [0.05, 0.1) is 12.7 Å². The third-order valence-electron chi connectivity index (χ3n) is 3.93. The maximum atomic E-state index is 5.60. The van der Waals surface area contributed by atoms with Crippen molar-refractivity contribution in [2.45, 2.75) is 25.8 Å². The fourth-order valence-electron chi connectivity index (χ4n) is 2.75. The smallest absolute Gasteiger partial charge is 0.191 e. The van der Waals surface area contributed by atoms with E-state index < -0.39 is 0 Å². The molecule has 23 heavy (non-hydrogen) atoms. The van der Waals surface area contributed by atoms with Crippen molar-refractivity contribution in [3.63, 3.8) is 0 Å². The van der Waals surface area contributed by atoms with Crippen LogP contribution in [0.2, 0.25) is 0 Å². The molecule has 1 saturated heterocycles. The van der Waals surface area contributed by atoms with Crippen LogP contribution in [0.1, 0.15) is 19.8 Å². The van der Waals surface area contributed by atoms with Gasteiger partial charge in [0, 0.05) is 25.8 Å². The summed E-state index contributed by atoms with van der Waals surface area (Å²) in [5.74, 6) is 1.62. The lowest BCUT2D eigenvalue weighted by molar-refractivity contribution is 0.266. The number of hydrogen-bond acceptors (Lipinski definition) is 4. The van der Waals surface area contributed by atoms with Crippen LogP contribution in [-0.2, 0) is 0 Å². The van der Waals surface area contributed by atoms with Gasteiger partial charge in [-0.1, -0.05) is 6.92 Å². The highest BCUT2D eigenvalue weighted by Gasteiger charge is 2.22. The lowest BCUT2D eigenvalue weighted by atomic mass is 10.2. The summed E-state index contributed by atoms with van der Waals surface area (Å²) in [5, 5.41) is 6.68. The van der Waals surface area contributed by atoms with Crippen molar-refractivity contribution < 1.29 is 4.74 Å². The predicted molar refractivity (Wildman–Crippen MR) is 105 cm³/mol. The predicted octanol–water partition coefficient (Wildman–Crippen LogP) is 1.73. The Hall–Kier alpha value is -1.09. The Morgan fingerprint density at radius 2 is 2.35 bits per heavy atom. The van der Waals surface area contributed by atoms with Crippen molar-refractivity contribution in [1.82, 2.24) is 20.5 Å². The number of aliphatic imine (C=N–C) groups is 1. The zero-order valence-electron chi connectivity index (χ0n) is 14.0. The molecule has 0 bridgehead atoms. The van der Waals surface area contributed by atoms with Crippen molar-refractivity contribution >= 4 is 29.9 Å². The molecule has 130 valence electrons. The third-order valence-corrected chi connectivity index (χ3v) is 3.93. The minimum Gasteiger partial charge on any atom is -0.490 e. The zero-order chi connectivity index (χ0) is 15.6. The molecule has 0 aromatic carbocycles. The molecule has 0 aliphatic carbocycles. The number of likely N-dealkylation sites (tertiary alicyclic amines) is 1. The van der Waals surface area contributed by atoms with E-state index in [2.05, 4.69) is 32.4 Å². The van der Waals surface area contributed by atoms with E-state index in [1.54, 1.807) is 19.4 Å². The second-order valence-electron chi connectivity index (χ2n) is 5.34. The van der Waals surface area contributed by atoms with Crippen LogP contribution in [0.3, 0.4) is 0 Å². The topological polar surface area (TPSA) is 61.8 Å². The van der Waals surface area contributed by atoms with Crippen LogP contribution < -0.4 is 15.4 Å². The van der Waals surface area contributed by atoms with Crippen molar-refractivity contribution in [3.05, 3.63) is 24.5 Å². The Kier molecular flexibility index (Phi) is 9.93. The molecule has 1 unspecified atom stereocenters. The van der Waals surface area contributed by atoms with E-state index in [0.717, 1.165) is 24.8 Å². The highest BCUT2D eigenvalue weighted by atomic mass is 127. The number of pyridine rings is 1. The van der Waals surface area contributed by atoms with Gasteiger partial charge in [0.1, 0.15) is 12.4 Å². The summed E-state index contributed by atoms with van der Waals surface area (Å²) in [6.45, 7) is 6.79. The highest BCUT2D eigenvalue weighted by Crippen LogP contribution is 2.15. The first-order valence-electron chi connectivity index (χ1n) is 8.05. The number of aromatic nitrogens is 1. The summed E-state index contributed by atoms with van der Waals surface area (Å²) >= 11 is 0. The number of guanidine groups is 1. The first-order valence-corrected chi connectivity index (χ1v) is 8.05. The summed E-state index contributed by atoms with van der Waals surface area (Å²) in [5.41, 5.74) is 0. The van der Waals surface area contributed by atoms with Crippen molar-refractivity contribution in [3.8, 4) is 5.75 Å². The van der Waals surface area contributed by atoms with Crippen molar-refractivity contribution in [2.75, 3.05) is 39.8 Å². The number of rotatable bonds is 7. The molecule has 6 nitrogen and oxygen atoms in total. The van der Waals surface area contributed by atoms with Gasteiger partial charge < -0.3 is 15.4 Å². The molecule has 0 spiro atoms. The molecule has 1 aromatic rings. The summed E-state index contributed by atoms with van der Waals surface area (Å²) in [6, 6.07) is 4.39. The van der Waals surface area contributed by atoms with Crippen LogP contribution >= 0.6 is 24.0 Å². The molecular formula is C16H28IN5O. The fourth-order valence-corrected chi connectivity index (χ4v) is 2.75. The molecule has 1 aliphatic heterocycles. The van der Waals surface area contributed by atoms with Crippen molar-refractivity contribution in [2.24, 2.45) is 4.99 Å². The minimum atomic E-state index is 0. The molecular weight excluding hydrogens is 405 g/mol. The van der Waals surface area contributed by atoms with E-state index >= 15 is 0 Å². The molecule has 2 heterocycles. The molecule has 7 heteroatoms. The Morgan fingerprint density at radius 1 is 1.48 bits per heavy atom. The zero-order valence-corrected chi connectivity index (χ0v) is 16.3. The van der Waals surface area contributed by atoms with E-state index in [9.17, 15) is 0 Å². The Morgan fingerprint density at radius 3 is 3.04 bits per heavy atom. The second kappa shape index (κ2) is 11.4. The molecule has 1 atom stereocenters. The second-order valence-corrected chi connectivity index (χ2v) is 5.34. The fraction of sp³-hybridized carbons (Fsp3) is 0.625. The van der Waals surface area contributed by atoms with Gasteiger partial charge in [-0.15, -0.1) is 24.0 Å². The molecule has 0 amide bonds. The van der Waals surface area contributed by atoms with Crippen molar-refractivity contribution in [1.29, 1.82) is 0 Å². The molecule has 1 aliphatic rings. The van der Waals surface area contributed by atoms with E-state index in [-0.39, 0.29) is 24.0 Å². The van der Waals surface area contributed by atoms with Gasteiger partial charge in [-0.05, 0) is 38.1 Å². The van der Waals surface area contributed by atoms with E-state index in [1.807, 2.05) is 12.1 Å². The normalized spacial score (nSPS) is 18.3. The average Bonchev–Trinajstić information content (AvgIpc) is 3.02. The van der Waals surface area contributed by atoms with Gasteiger partial charge in [0.25, 0.3) is 0 Å². The van der Waals surface area contributed by atoms with Gasteiger partial charge in [0.15, 0.2) is 5.96 Å². The molecule has 0 radical (unpaired) electrons. The largest absolute Gasteiger partial charge is 0.490 e. The maximum Gasteiger partial charge on any atom is 0.191 e. The Bertz CT molecular complexity index is 457. The minimum absolute atomic E-state index is 0. The molecule has 1 fully saturated rings. The molecule has 2 N–H and O–H groups in total. The number of nitrogens with zero attached hydrogens (tertiary/aromatic N) is 3. The van der Waals surface area contributed by atoms with Gasteiger partial charge in [0.2, 0.25) is 0 Å². The lowest BCUT2D eigenvalue weighted by Crippen LogP contribution is -2.45. The molecule has 2 rings (SSSR count).